The normalized spacial score (nSPS) is 12.8. The van der Waals surface area contributed by atoms with E-state index in [-0.39, 0.29) is 6.04 Å². The summed E-state index contributed by atoms with van der Waals surface area (Å²) in [7, 11) is 0. The van der Waals surface area contributed by atoms with Crippen LogP contribution in [0.3, 0.4) is 0 Å². The molecule has 2 aromatic heterocycles. The molecular weight excluding hydrogens is 336 g/mol. The van der Waals surface area contributed by atoms with Gasteiger partial charge in [0.25, 0.3) is 0 Å². The summed E-state index contributed by atoms with van der Waals surface area (Å²) in [5, 5.41) is 9.21. The van der Waals surface area contributed by atoms with E-state index in [2.05, 4.69) is 38.3 Å². The van der Waals surface area contributed by atoms with E-state index in [0.717, 1.165) is 25.7 Å². The largest absolute Gasteiger partial charge is 0.324 e. The van der Waals surface area contributed by atoms with Gasteiger partial charge in [0.2, 0.25) is 0 Å². The van der Waals surface area contributed by atoms with Crippen LogP contribution in [0.1, 0.15) is 18.5 Å². The van der Waals surface area contributed by atoms with Crippen LogP contribution in [0.4, 0.5) is 0 Å². The highest BCUT2D eigenvalue weighted by atomic mass is 79.9. The topological polar surface area (TPSA) is 56.2 Å². The first-order chi connectivity index (χ1) is 9.65. The van der Waals surface area contributed by atoms with Crippen molar-refractivity contribution in [2.75, 3.05) is 0 Å². The highest BCUT2D eigenvalue weighted by Gasteiger charge is 2.09. The quantitative estimate of drug-likeness (QED) is 0.784. The summed E-state index contributed by atoms with van der Waals surface area (Å²) in [6.45, 7) is 1.97. The number of halogens is 1. The Bertz CT molecular complexity index is 754. The number of benzene rings is 1. The molecule has 0 amide bonds. The van der Waals surface area contributed by atoms with E-state index in [1.807, 2.05) is 41.8 Å². The Balaban J connectivity index is 1.93. The Morgan fingerprint density at radius 1 is 1.25 bits per heavy atom. The number of rotatable bonds is 3. The summed E-state index contributed by atoms with van der Waals surface area (Å²) >= 11 is 5.14. The minimum Gasteiger partial charge on any atom is -0.324 e. The molecule has 0 aliphatic rings. The van der Waals surface area contributed by atoms with Crippen molar-refractivity contribution in [3.05, 3.63) is 52.6 Å². The van der Waals surface area contributed by atoms with Crippen LogP contribution in [0.2, 0.25) is 0 Å². The number of aromatic nitrogens is 3. The SMILES string of the molecule is C[C@@H](N)c1ccc(Sc2nnc3ccccn23)cc1Br. The molecule has 0 fully saturated rings. The molecule has 3 rings (SSSR count). The van der Waals surface area contributed by atoms with Gasteiger partial charge >= 0.3 is 0 Å². The molecule has 0 saturated carbocycles. The van der Waals surface area contributed by atoms with E-state index in [4.69, 9.17) is 5.73 Å². The third-order valence-corrected chi connectivity index (χ3v) is 4.59. The second-order valence-electron chi connectivity index (χ2n) is 4.49. The third-order valence-electron chi connectivity index (χ3n) is 2.95. The average molecular weight is 349 g/mol. The maximum atomic E-state index is 5.91. The van der Waals surface area contributed by atoms with Crippen LogP contribution in [0.5, 0.6) is 0 Å². The molecule has 0 radical (unpaired) electrons. The van der Waals surface area contributed by atoms with Crippen molar-refractivity contribution in [1.82, 2.24) is 14.6 Å². The molecule has 6 heteroatoms. The fourth-order valence-electron chi connectivity index (χ4n) is 1.94. The number of fused-ring (bicyclic) bond motifs is 1. The van der Waals surface area contributed by atoms with Crippen LogP contribution in [0.15, 0.2) is 57.1 Å². The molecule has 0 aliphatic carbocycles. The molecule has 1 aromatic carbocycles. The monoisotopic (exact) mass is 348 g/mol. The Hall–Kier alpha value is -1.37. The summed E-state index contributed by atoms with van der Waals surface area (Å²) in [6, 6.07) is 12.0. The molecule has 2 N–H and O–H groups in total. The second kappa shape index (κ2) is 5.55. The maximum Gasteiger partial charge on any atom is 0.200 e. The molecule has 2 heterocycles. The molecule has 0 bridgehead atoms. The van der Waals surface area contributed by atoms with E-state index >= 15 is 0 Å². The van der Waals surface area contributed by atoms with Crippen molar-refractivity contribution in [2.45, 2.75) is 23.0 Å². The van der Waals surface area contributed by atoms with Crippen molar-refractivity contribution in [1.29, 1.82) is 0 Å². The number of pyridine rings is 1. The zero-order valence-corrected chi connectivity index (χ0v) is 13.2. The summed E-state index contributed by atoms with van der Waals surface area (Å²) < 4.78 is 2.99. The van der Waals surface area contributed by atoms with Crippen molar-refractivity contribution in [3.8, 4) is 0 Å². The van der Waals surface area contributed by atoms with Gasteiger partial charge < -0.3 is 5.73 Å². The van der Waals surface area contributed by atoms with Gasteiger partial charge in [-0.1, -0.05) is 28.1 Å². The van der Waals surface area contributed by atoms with Crippen LogP contribution >= 0.6 is 27.7 Å². The van der Waals surface area contributed by atoms with Crippen LogP contribution < -0.4 is 5.73 Å². The highest BCUT2D eigenvalue weighted by Crippen LogP contribution is 2.31. The average Bonchev–Trinajstić information content (AvgIpc) is 2.82. The minimum atomic E-state index is 0.0114. The molecule has 4 nitrogen and oxygen atoms in total. The Morgan fingerprint density at radius 2 is 2.10 bits per heavy atom. The van der Waals surface area contributed by atoms with Gasteiger partial charge in [-0.15, -0.1) is 10.2 Å². The van der Waals surface area contributed by atoms with Gasteiger partial charge in [-0.25, -0.2) is 0 Å². The molecule has 0 saturated heterocycles. The Kier molecular flexibility index (Phi) is 3.78. The first-order valence-corrected chi connectivity index (χ1v) is 7.79. The highest BCUT2D eigenvalue weighted by molar-refractivity contribution is 9.10. The molecular formula is C14H13BrN4S. The second-order valence-corrected chi connectivity index (χ2v) is 6.38. The maximum absolute atomic E-state index is 5.91. The van der Waals surface area contributed by atoms with E-state index in [1.165, 1.54) is 0 Å². The summed E-state index contributed by atoms with van der Waals surface area (Å²) in [4.78, 5) is 1.10. The number of nitrogens with two attached hydrogens (primary N) is 1. The van der Waals surface area contributed by atoms with Crippen molar-refractivity contribution < 1.29 is 0 Å². The summed E-state index contributed by atoms with van der Waals surface area (Å²) in [5.74, 6) is 0. The first kappa shape index (κ1) is 13.6. The van der Waals surface area contributed by atoms with Gasteiger partial charge in [0.15, 0.2) is 10.8 Å². The van der Waals surface area contributed by atoms with E-state index in [1.54, 1.807) is 11.8 Å². The lowest BCUT2D eigenvalue weighted by Gasteiger charge is -2.09. The zero-order valence-electron chi connectivity index (χ0n) is 10.8. The lowest BCUT2D eigenvalue weighted by atomic mass is 10.1. The molecule has 0 spiro atoms. The van der Waals surface area contributed by atoms with Gasteiger partial charge in [-0.2, -0.15) is 0 Å². The summed E-state index contributed by atoms with van der Waals surface area (Å²) in [6.07, 6.45) is 1.96. The fraction of sp³-hybridized carbons (Fsp3) is 0.143. The van der Waals surface area contributed by atoms with E-state index < -0.39 is 0 Å². The van der Waals surface area contributed by atoms with Crippen molar-refractivity contribution in [2.24, 2.45) is 5.73 Å². The van der Waals surface area contributed by atoms with Crippen LogP contribution in [0.25, 0.3) is 5.65 Å². The fourth-order valence-corrected chi connectivity index (χ4v) is 3.68. The molecule has 102 valence electrons. The van der Waals surface area contributed by atoms with Gasteiger partial charge in [0.05, 0.1) is 0 Å². The van der Waals surface area contributed by atoms with Crippen molar-refractivity contribution in [3.63, 3.8) is 0 Å². The lowest BCUT2D eigenvalue weighted by Crippen LogP contribution is -2.05. The Labute approximate surface area is 129 Å². The smallest absolute Gasteiger partial charge is 0.200 e. The molecule has 0 unspecified atom stereocenters. The molecule has 1 atom stereocenters. The Morgan fingerprint density at radius 3 is 2.85 bits per heavy atom. The lowest BCUT2D eigenvalue weighted by molar-refractivity contribution is 0.811. The molecule has 3 aromatic rings. The van der Waals surface area contributed by atoms with E-state index in [0.29, 0.717) is 0 Å². The zero-order chi connectivity index (χ0) is 14.1. The van der Waals surface area contributed by atoms with Gasteiger partial charge in [0.1, 0.15) is 0 Å². The van der Waals surface area contributed by atoms with Crippen molar-refractivity contribution >= 4 is 33.3 Å². The van der Waals surface area contributed by atoms with Crippen LogP contribution in [-0.4, -0.2) is 14.6 Å². The minimum absolute atomic E-state index is 0.0114. The van der Waals surface area contributed by atoms with Gasteiger partial charge in [-0.05, 0) is 48.5 Å². The predicted molar refractivity (Wildman–Crippen MR) is 83.9 cm³/mol. The molecule has 0 aliphatic heterocycles. The number of hydrogen-bond donors (Lipinski definition) is 1. The van der Waals surface area contributed by atoms with Gasteiger partial charge in [0, 0.05) is 21.6 Å². The summed E-state index contributed by atoms with van der Waals surface area (Å²) in [5.41, 5.74) is 7.86. The van der Waals surface area contributed by atoms with E-state index in [9.17, 15) is 0 Å². The van der Waals surface area contributed by atoms with Crippen LogP contribution in [0, 0.1) is 0 Å². The number of hydrogen-bond acceptors (Lipinski definition) is 4. The predicted octanol–water partition coefficient (Wildman–Crippen LogP) is 3.66. The first-order valence-electron chi connectivity index (χ1n) is 6.18. The van der Waals surface area contributed by atoms with Gasteiger partial charge in [-0.3, -0.25) is 4.40 Å². The molecule has 20 heavy (non-hydrogen) atoms. The number of nitrogens with zero attached hydrogens (tertiary/aromatic N) is 3. The third kappa shape index (κ3) is 2.59. The standard InChI is InChI=1S/C14H13BrN4S/c1-9(16)11-6-5-10(8-12(11)15)20-14-18-17-13-4-2-3-7-19(13)14/h2-9H,16H2,1H3/t9-/m1/s1. The van der Waals surface area contributed by atoms with Crippen LogP contribution in [-0.2, 0) is 0 Å².